The summed E-state index contributed by atoms with van der Waals surface area (Å²) in [6.45, 7) is 3.54. The Kier molecular flexibility index (Phi) is 5.66. The van der Waals surface area contributed by atoms with Gasteiger partial charge in [-0.2, -0.15) is 0 Å². The monoisotopic (exact) mass is 282 g/mol. The minimum atomic E-state index is -0.225. The topological polar surface area (TPSA) is 32.3 Å². The molecule has 0 unspecified atom stereocenters. The van der Waals surface area contributed by atoms with Crippen LogP contribution in [0.4, 0.5) is 4.39 Å². The highest BCUT2D eigenvalue weighted by Gasteiger charge is 2.14. The number of nitrogens with zero attached hydrogens (tertiary/aromatic N) is 1. The molecule has 1 aromatic carbocycles. The zero-order valence-corrected chi connectivity index (χ0v) is 11.7. The highest BCUT2D eigenvalue weighted by Crippen LogP contribution is 2.19. The number of carbonyl (C=O) groups is 1. The number of thioether (sulfide) groups is 1. The van der Waals surface area contributed by atoms with Gasteiger partial charge >= 0.3 is 0 Å². The van der Waals surface area contributed by atoms with Crippen LogP contribution in [0, 0.1) is 5.82 Å². The first-order valence-corrected chi connectivity index (χ1v) is 7.61. The molecule has 0 aromatic heterocycles. The van der Waals surface area contributed by atoms with E-state index < -0.39 is 0 Å². The zero-order valence-electron chi connectivity index (χ0n) is 10.9. The number of amides is 1. The van der Waals surface area contributed by atoms with Crippen molar-refractivity contribution >= 4 is 17.7 Å². The quantitative estimate of drug-likeness (QED) is 0.859. The maximum Gasteiger partial charge on any atom is 0.223 e. The van der Waals surface area contributed by atoms with Gasteiger partial charge in [-0.15, -0.1) is 11.8 Å². The van der Waals surface area contributed by atoms with Crippen molar-refractivity contribution in [1.29, 1.82) is 0 Å². The Hall–Kier alpha value is -1.07. The van der Waals surface area contributed by atoms with E-state index in [4.69, 9.17) is 0 Å². The number of halogens is 1. The SMILES string of the molecule is O=C(CCSc1ccc(F)cc1)N1CCCNCC1. The summed E-state index contributed by atoms with van der Waals surface area (Å²) in [4.78, 5) is 15.0. The first kappa shape index (κ1) is 14.3. The molecular weight excluding hydrogens is 263 g/mol. The van der Waals surface area contributed by atoms with Crippen molar-refractivity contribution < 1.29 is 9.18 Å². The Labute approximate surface area is 117 Å². The molecule has 2 rings (SSSR count). The molecule has 0 spiro atoms. The lowest BCUT2D eigenvalue weighted by atomic mass is 10.3. The minimum absolute atomic E-state index is 0.221. The third-order valence-electron chi connectivity index (χ3n) is 3.09. The lowest BCUT2D eigenvalue weighted by Gasteiger charge is -2.19. The van der Waals surface area contributed by atoms with E-state index in [1.807, 2.05) is 4.90 Å². The van der Waals surface area contributed by atoms with Crippen LogP contribution in [0.15, 0.2) is 29.2 Å². The normalized spacial score (nSPS) is 16.2. The lowest BCUT2D eigenvalue weighted by molar-refractivity contribution is -0.130. The molecule has 1 N–H and O–H groups in total. The molecule has 19 heavy (non-hydrogen) atoms. The van der Waals surface area contributed by atoms with Gasteiger partial charge in [0.1, 0.15) is 5.82 Å². The van der Waals surface area contributed by atoms with Crippen LogP contribution in [0.2, 0.25) is 0 Å². The molecule has 1 heterocycles. The first-order valence-electron chi connectivity index (χ1n) is 6.62. The fourth-order valence-corrected chi connectivity index (χ4v) is 2.88. The van der Waals surface area contributed by atoms with Gasteiger partial charge in [-0.1, -0.05) is 0 Å². The molecule has 5 heteroatoms. The Morgan fingerprint density at radius 3 is 2.84 bits per heavy atom. The second-order valence-corrected chi connectivity index (χ2v) is 5.71. The number of hydrogen-bond donors (Lipinski definition) is 1. The van der Waals surface area contributed by atoms with E-state index in [1.165, 1.54) is 12.1 Å². The van der Waals surface area contributed by atoms with Crippen molar-refractivity contribution in [3.8, 4) is 0 Å². The molecule has 1 aliphatic rings. The van der Waals surface area contributed by atoms with Gasteiger partial charge in [0, 0.05) is 36.7 Å². The van der Waals surface area contributed by atoms with Crippen LogP contribution in [-0.4, -0.2) is 42.7 Å². The molecule has 1 aliphatic heterocycles. The number of hydrogen-bond acceptors (Lipinski definition) is 3. The van der Waals surface area contributed by atoms with Gasteiger partial charge in [0.25, 0.3) is 0 Å². The van der Waals surface area contributed by atoms with Gasteiger partial charge in [0.2, 0.25) is 5.91 Å². The molecule has 1 amide bonds. The highest BCUT2D eigenvalue weighted by molar-refractivity contribution is 7.99. The number of carbonyl (C=O) groups excluding carboxylic acids is 1. The van der Waals surface area contributed by atoms with Gasteiger partial charge in [0.05, 0.1) is 0 Å². The first-order chi connectivity index (χ1) is 9.25. The molecular formula is C14H19FN2OS. The Morgan fingerprint density at radius 1 is 1.26 bits per heavy atom. The van der Waals surface area contributed by atoms with Gasteiger partial charge in [-0.25, -0.2) is 4.39 Å². The summed E-state index contributed by atoms with van der Waals surface area (Å²) in [6, 6.07) is 6.40. The Balaban J connectivity index is 1.72. The maximum absolute atomic E-state index is 12.7. The zero-order chi connectivity index (χ0) is 13.5. The van der Waals surface area contributed by atoms with Crippen LogP contribution in [0.5, 0.6) is 0 Å². The second-order valence-electron chi connectivity index (χ2n) is 4.54. The average Bonchev–Trinajstić information content (AvgIpc) is 2.70. The van der Waals surface area contributed by atoms with E-state index in [-0.39, 0.29) is 11.7 Å². The van der Waals surface area contributed by atoms with E-state index >= 15 is 0 Å². The summed E-state index contributed by atoms with van der Waals surface area (Å²) in [7, 11) is 0. The number of rotatable bonds is 4. The number of benzene rings is 1. The van der Waals surface area contributed by atoms with Crippen LogP contribution in [0.25, 0.3) is 0 Å². The molecule has 0 saturated carbocycles. The summed E-state index contributed by atoms with van der Waals surface area (Å²) in [5.74, 6) is 0.741. The van der Waals surface area contributed by atoms with Crippen LogP contribution in [0.3, 0.4) is 0 Å². The molecule has 3 nitrogen and oxygen atoms in total. The third-order valence-corrected chi connectivity index (χ3v) is 4.10. The van der Waals surface area contributed by atoms with Crippen LogP contribution in [0.1, 0.15) is 12.8 Å². The van der Waals surface area contributed by atoms with Crippen LogP contribution in [-0.2, 0) is 4.79 Å². The van der Waals surface area contributed by atoms with Gasteiger partial charge in [-0.05, 0) is 37.2 Å². The maximum atomic E-state index is 12.7. The third kappa shape index (κ3) is 4.84. The Morgan fingerprint density at radius 2 is 2.05 bits per heavy atom. The summed E-state index contributed by atoms with van der Waals surface area (Å²) >= 11 is 1.60. The van der Waals surface area contributed by atoms with Gasteiger partial charge in [-0.3, -0.25) is 4.79 Å². The fraction of sp³-hybridized carbons (Fsp3) is 0.500. The van der Waals surface area contributed by atoms with E-state index in [0.717, 1.165) is 43.2 Å². The standard InChI is InChI=1S/C14H19FN2OS/c15-12-2-4-13(5-3-12)19-11-6-14(18)17-9-1-7-16-8-10-17/h2-5,16H,1,6-11H2. The number of nitrogens with one attached hydrogen (secondary N) is 1. The van der Waals surface area contributed by atoms with E-state index in [2.05, 4.69) is 5.32 Å². The lowest BCUT2D eigenvalue weighted by Crippen LogP contribution is -2.34. The van der Waals surface area contributed by atoms with E-state index in [0.29, 0.717) is 6.42 Å². The molecule has 1 aromatic rings. The van der Waals surface area contributed by atoms with E-state index in [1.54, 1.807) is 23.9 Å². The van der Waals surface area contributed by atoms with Crippen molar-refractivity contribution in [2.75, 3.05) is 31.9 Å². The largest absolute Gasteiger partial charge is 0.341 e. The van der Waals surface area contributed by atoms with Crippen LogP contribution >= 0.6 is 11.8 Å². The van der Waals surface area contributed by atoms with Crippen molar-refractivity contribution in [3.05, 3.63) is 30.1 Å². The average molecular weight is 282 g/mol. The van der Waals surface area contributed by atoms with Gasteiger partial charge in [0.15, 0.2) is 0 Å². The van der Waals surface area contributed by atoms with Crippen molar-refractivity contribution in [2.45, 2.75) is 17.7 Å². The molecule has 1 saturated heterocycles. The van der Waals surface area contributed by atoms with Crippen molar-refractivity contribution in [1.82, 2.24) is 10.2 Å². The molecule has 0 aliphatic carbocycles. The minimum Gasteiger partial charge on any atom is -0.341 e. The van der Waals surface area contributed by atoms with Gasteiger partial charge < -0.3 is 10.2 Å². The smallest absolute Gasteiger partial charge is 0.223 e. The van der Waals surface area contributed by atoms with Crippen molar-refractivity contribution in [3.63, 3.8) is 0 Å². The molecule has 1 fully saturated rings. The summed E-state index contributed by atoms with van der Waals surface area (Å²) in [5, 5.41) is 3.28. The molecule has 0 radical (unpaired) electrons. The predicted molar refractivity (Wildman–Crippen MR) is 75.8 cm³/mol. The molecule has 0 atom stereocenters. The van der Waals surface area contributed by atoms with E-state index in [9.17, 15) is 9.18 Å². The fourth-order valence-electron chi connectivity index (χ4n) is 2.04. The molecule has 0 bridgehead atoms. The second kappa shape index (κ2) is 7.50. The molecule has 104 valence electrons. The van der Waals surface area contributed by atoms with Crippen LogP contribution < -0.4 is 5.32 Å². The summed E-state index contributed by atoms with van der Waals surface area (Å²) in [5.41, 5.74) is 0. The Bertz CT molecular complexity index is 402. The summed E-state index contributed by atoms with van der Waals surface area (Å²) in [6.07, 6.45) is 1.57. The summed E-state index contributed by atoms with van der Waals surface area (Å²) < 4.78 is 12.7. The highest BCUT2D eigenvalue weighted by atomic mass is 32.2. The van der Waals surface area contributed by atoms with Crippen molar-refractivity contribution in [2.24, 2.45) is 0 Å². The predicted octanol–water partition coefficient (Wildman–Crippen LogP) is 2.13.